The summed E-state index contributed by atoms with van der Waals surface area (Å²) in [6.45, 7) is 4.34. The van der Waals surface area contributed by atoms with E-state index in [1.54, 1.807) is 0 Å². The fraction of sp³-hybridized carbons (Fsp3) is 0.0769. The van der Waals surface area contributed by atoms with E-state index in [9.17, 15) is 0 Å². The van der Waals surface area contributed by atoms with Crippen LogP contribution in [0.5, 0.6) is 0 Å². The minimum atomic E-state index is 1.29. The Balaban J connectivity index is 2.44. The molecule has 0 amide bonds. The SMILES string of the molecule is Cc1ccc2/c(c1)=c1/cccc/c1=c1\cccc\c1=c1/cc(C)cc/c1=2. The average molecular weight is 332 g/mol. The fourth-order valence-electron chi connectivity index (χ4n) is 4.14. The summed E-state index contributed by atoms with van der Waals surface area (Å²) in [5.74, 6) is 0. The van der Waals surface area contributed by atoms with Crippen molar-refractivity contribution in [2.24, 2.45) is 0 Å². The molecular formula is C26H20. The van der Waals surface area contributed by atoms with Crippen molar-refractivity contribution < 1.29 is 0 Å². The van der Waals surface area contributed by atoms with E-state index in [4.69, 9.17) is 0 Å². The van der Waals surface area contributed by atoms with Gasteiger partial charge in [0, 0.05) is 0 Å². The van der Waals surface area contributed by atoms with Crippen LogP contribution in [-0.4, -0.2) is 0 Å². The Morgan fingerprint density at radius 2 is 0.654 bits per heavy atom. The standard InChI is InChI=1S/C26H20/c1-17-11-13-23-24-14-12-18(2)16-26(24)22-10-6-4-8-20(22)19-7-3-5-9-21(19)25(23)15-17/h3-16H,1-2H3/b20-19-,24-23-,25-21-,26-22-. The second kappa shape index (κ2) is 5.71. The average Bonchev–Trinajstić information content (AvgIpc) is 2.67. The van der Waals surface area contributed by atoms with Gasteiger partial charge in [0.2, 0.25) is 0 Å². The summed E-state index contributed by atoms with van der Waals surface area (Å²) in [7, 11) is 0. The molecule has 0 aliphatic heterocycles. The van der Waals surface area contributed by atoms with Crippen LogP contribution in [-0.2, 0) is 0 Å². The van der Waals surface area contributed by atoms with Crippen LogP contribution in [0.3, 0.4) is 0 Å². The van der Waals surface area contributed by atoms with E-state index in [2.05, 4.69) is 98.8 Å². The Morgan fingerprint density at radius 1 is 0.346 bits per heavy atom. The monoisotopic (exact) mass is 332 g/mol. The van der Waals surface area contributed by atoms with Crippen LogP contribution in [0.25, 0.3) is 0 Å². The highest BCUT2D eigenvalue weighted by atomic mass is 14.0. The molecule has 0 radical (unpaired) electrons. The molecule has 0 heterocycles. The molecule has 0 heteroatoms. The van der Waals surface area contributed by atoms with E-state index in [-0.39, 0.29) is 0 Å². The molecule has 0 nitrogen and oxygen atoms in total. The lowest BCUT2D eigenvalue weighted by Gasteiger charge is -2.04. The van der Waals surface area contributed by atoms with E-state index in [1.165, 1.54) is 52.9 Å². The van der Waals surface area contributed by atoms with Crippen molar-refractivity contribution in [3.8, 4) is 0 Å². The van der Waals surface area contributed by atoms with Gasteiger partial charge >= 0.3 is 0 Å². The van der Waals surface area contributed by atoms with E-state index in [0.29, 0.717) is 0 Å². The number of rotatable bonds is 0. The van der Waals surface area contributed by atoms with E-state index >= 15 is 0 Å². The predicted molar refractivity (Wildman–Crippen MR) is 106 cm³/mol. The van der Waals surface area contributed by atoms with Gasteiger partial charge in [0.25, 0.3) is 0 Å². The van der Waals surface area contributed by atoms with Crippen molar-refractivity contribution >= 4 is 0 Å². The van der Waals surface area contributed by atoms with Crippen molar-refractivity contribution in [2.45, 2.75) is 13.8 Å². The molecule has 4 aromatic carbocycles. The Labute approximate surface area is 152 Å². The van der Waals surface area contributed by atoms with Crippen LogP contribution in [0, 0.1) is 55.6 Å². The highest BCUT2D eigenvalue weighted by molar-refractivity contribution is 5.32. The maximum Gasteiger partial charge on any atom is -0.00963 e. The molecule has 1 aliphatic carbocycles. The summed E-state index contributed by atoms with van der Waals surface area (Å²) >= 11 is 0. The third-order valence-corrected chi connectivity index (χ3v) is 5.36. The second-order valence-electron chi connectivity index (χ2n) is 7.19. The lowest BCUT2D eigenvalue weighted by molar-refractivity contribution is 1.26. The molecule has 0 unspecified atom stereocenters. The van der Waals surface area contributed by atoms with Gasteiger partial charge in [-0.15, -0.1) is 0 Å². The zero-order valence-corrected chi connectivity index (χ0v) is 15.1. The van der Waals surface area contributed by atoms with Crippen LogP contribution in [0.2, 0.25) is 0 Å². The molecule has 0 aromatic heterocycles. The van der Waals surface area contributed by atoms with Crippen LogP contribution in [0.1, 0.15) is 11.1 Å². The van der Waals surface area contributed by atoms with Crippen LogP contribution in [0.15, 0.2) is 84.9 Å². The Morgan fingerprint density at radius 3 is 1.04 bits per heavy atom. The molecule has 26 heavy (non-hydrogen) atoms. The lowest BCUT2D eigenvalue weighted by Crippen LogP contribution is -1.90. The van der Waals surface area contributed by atoms with Crippen molar-refractivity contribution in [2.75, 3.05) is 0 Å². The predicted octanol–water partition coefficient (Wildman–Crippen LogP) is 5.76. The first-order valence-electron chi connectivity index (χ1n) is 9.13. The lowest BCUT2D eigenvalue weighted by atomic mass is 10.00. The number of hydrogen-bond donors (Lipinski definition) is 0. The summed E-state index contributed by atoms with van der Waals surface area (Å²) in [5, 5.41) is 10.5. The normalized spacial score (nSPS) is 17.0. The van der Waals surface area contributed by atoms with Gasteiger partial charge in [-0.05, 0) is 55.6 Å². The van der Waals surface area contributed by atoms with Gasteiger partial charge in [-0.2, -0.15) is 0 Å². The molecule has 0 saturated heterocycles. The summed E-state index contributed by atoms with van der Waals surface area (Å²) in [5.41, 5.74) is 2.59. The molecule has 0 fully saturated rings. The first kappa shape index (κ1) is 15.2. The smallest absolute Gasteiger partial charge is 0.00963 e. The molecule has 0 saturated carbocycles. The topological polar surface area (TPSA) is 0 Å². The number of benzene rings is 4. The second-order valence-corrected chi connectivity index (χ2v) is 7.19. The van der Waals surface area contributed by atoms with Crippen molar-refractivity contribution in [1.82, 2.24) is 0 Å². The van der Waals surface area contributed by atoms with Crippen LogP contribution >= 0.6 is 0 Å². The molecule has 0 N–H and O–H groups in total. The Bertz CT molecular complexity index is 1430. The minimum Gasteiger partial charge on any atom is -0.0616 e. The number of hydrogen-bond acceptors (Lipinski definition) is 0. The van der Waals surface area contributed by atoms with Gasteiger partial charge in [-0.1, -0.05) is 96.1 Å². The van der Waals surface area contributed by atoms with E-state index in [1.807, 2.05) is 0 Å². The van der Waals surface area contributed by atoms with Crippen molar-refractivity contribution in [1.29, 1.82) is 0 Å². The third-order valence-electron chi connectivity index (χ3n) is 5.36. The zero-order valence-electron chi connectivity index (χ0n) is 15.1. The minimum absolute atomic E-state index is 1.29. The molecule has 1 aliphatic rings. The highest BCUT2D eigenvalue weighted by Crippen LogP contribution is 2.14. The third kappa shape index (κ3) is 2.23. The Hall–Kier alpha value is -3.12. The Kier molecular flexibility index (Phi) is 3.33. The largest absolute Gasteiger partial charge is 0.0616 e. The molecule has 0 spiro atoms. The van der Waals surface area contributed by atoms with Gasteiger partial charge < -0.3 is 0 Å². The maximum atomic E-state index is 2.33. The molecule has 124 valence electrons. The maximum absolute atomic E-state index is 2.33. The molecule has 4 aromatic rings. The van der Waals surface area contributed by atoms with E-state index in [0.717, 1.165) is 0 Å². The molecule has 5 rings (SSSR count). The van der Waals surface area contributed by atoms with Gasteiger partial charge in [0.15, 0.2) is 0 Å². The van der Waals surface area contributed by atoms with Gasteiger partial charge in [0.1, 0.15) is 0 Å². The summed E-state index contributed by atoms with van der Waals surface area (Å²) in [4.78, 5) is 0. The van der Waals surface area contributed by atoms with Gasteiger partial charge in [-0.3, -0.25) is 0 Å². The number of fused-ring (bicyclic) bond motifs is 4. The van der Waals surface area contributed by atoms with Crippen LogP contribution < -0.4 is 0 Å². The summed E-state index contributed by atoms with van der Waals surface area (Å²) in [6.07, 6.45) is 0. The zero-order chi connectivity index (χ0) is 17.7. The first-order chi connectivity index (χ1) is 12.7. The quantitative estimate of drug-likeness (QED) is 0.338. The van der Waals surface area contributed by atoms with Crippen molar-refractivity contribution in [3.63, 3.8) is 0 Å². The fourth-order valence-corrected chi connectivity index (χ4v) is 4.14. The first-order valence-corrected chi connectivity index (χ1v) is 9.13. The number of aryl methyl sites for hydroxylation is 2. The molecule has 0 atom stereocenters. The van der Waals surface area contributed by atoms with Crippen LogP contribution in [0.4, 0.5) is 0 Å². The van der Waals surface area contributed by atoms with Crippen molar-refractivity contribution in [3.05, 3.63) is 138 Å². The summed E-state index contributed by atoms with van der Waals surface area (Å²) < 4.78 is 0. The molecular weight excluding hydrogens is 312 g/mol. The van der Waals surface area contributed by atoms with Gasteiger partial charge in [0.05, 0.1) is 0 Å². The highest BCUT2D eigenvalue weighted by Gasteiger charge is 2.01. The summed E-state index contributed by atoms with van der Waals surface area (Å²) in [6, 6.07) is 31.2. The molecule has 0 bridgehead atoms. The van der Waals surface area contributed by atoms with E-state index < -0.39 is 0 Å². The van der Waals surface area contributed by atoms with Gasteiger partial charge in [-0.25, -0.2) is 0 Å².